The Morgan fingerprint density at radius 1 is 1.30 bits per heavy atom. The summed E-state index contributed by atoms with van der Waals surface area (Å²) in [5.74, 6) is -2.76. The monoisotopic (exact) mass is 380 g/mol. The van der Waals surface area contributed by atoms with Crippen LogP contribution in [0.2, 0.25) is 0 Å². The van der Waals surface area contributed by atoms with Gasteiger partial charge in [0.15, 0.2) is 11.7 Å². The second kappa shape index (κ2) is 9.25. The third-order valence-corrected chi connectivity index (χ3v) is 3.97. The molecule has 1 amide bonds. The van der Waals surface area contributed by atoms with Crippen LogP contribution < -0.4 is 5.32 Å². The summed E-state index contributed by atoms with van der Waals surface area (Å²) in [6.07, 6.45) is 2.02. The van der Waals surface area contributed by atoms with Crippen LogP contribution in [-0.2, 0) is 16.0 Å². The molecule has 0 saturated carbocycles. The molecule has 0 spiro atoms. The Hall–Kier alpha value is -2.77. The van der Waals surface area contributed by atoms with Gasteiger partial charge in [0.1, 0.15) is 11.6 Å². The van der Waals surface area contributed by atoms with Crippen LogP contribution in [0, 0.1) is 23.5 Å². The van der Waals surface area contributed by atoms with Crippen LogP contribution in [0.1, 0.15) is 32.6 Å². The van der Waals surface area contributed by atoms with Crippen molar-refractivity contribution in [3.63, 3.8) is 0 Å². The molecule has 6 nitrogen and oxygen atoms in total. The highest BCUT2D eigenvalue weighted by atomic mass is 19.1. The van der Waals surface area contributed by atoms with Crippen LogP contribution in [0.5, 0.6) is 0 Å². The van der Waals surface area contributed by atoms with Gasteiger partial charge in [-0.05, 0) is 24.5 Å². The fourth-order valence-electron chi connectivity index (χ4n) is 2.63. The van der Waals surface area contributed by atoms with E-state index in [1.54, 1.807) is 0 Å². The fourth-order valence-corrected chi connectivity index (χ4v) is 2.63. The number of nitrogens with one attached hydrogen (secondary N) is 1. The van der Waals surface area contributed by atoms with Gasteiger partial charge in [-0.15, -0.1) is 0 Å². The molecule has 2 N–H and O–H groups in total. The van der Waals surface area contributed by atoms with E-state index < -0.39 is 23.5 Å². The standard InChI is InChI=1S/C19H22F2N2O4/c1-11(2)7-12(19(25)26)9-22-17(24)5-6-18-23-10-16(27-18)14-4-3-13(20)8-15(14)21/h3-4,8,10-12H,5-7,9H2,1-2H3,(H,22,24)(H,25,26). The second-order valence-electron chi connectivity index (χ2n) is 6.71. The van der Waals surface area contributed by atoms with Gasteiger partial charge in [-0.25, -0.2) is 13.8 Å². The Kier molecular flexibility index (Phi) is 7.04. The predicted molar refractivity (Wildman–Crippen MR) is 93.8 cm³/mol. The van der Waals surface area contributed by atoms with Gasteiger partial charge < -0.3 is 14.8 Å². The number of hydrogen-bond donors (Lipinski definition) is 2. The van der Waals surface area contributed by atoms with Crippen LogP contribution >= 0.6 is 0 Å². The van der Waals surface area contributed by atoms with Gasteiger partial charge in [-0.3, -0.25) is 9.59 Å². The Balaban J connectivity index is 1.87. The van der Waals surface area contributed by atoms with E-state index in [0.717, 1.165) is 12.1 Å². The van der Waals surface area contributed by atoms with E-state index >= 15 is 0 Å². The van der Waals surface area contributed by atoms with E-state index in [1.807, 2.05) is 13.8 Å². The summed E-state index contributed by atoms with van der Waals surface area (Å²) >= 11 is 0. The molecule has 0 aliphatic heterocycles. The fraction of sp³-hybridized carbons (Fsp3) is 0.421. The lowest BCUT2D eigenvalue weighted by Gasteiger charge is -2.15. The maximum Gasteiger partial charge on any atom is 0.308 e. The molecule has 27 heavy (non-hydrogen) atoms. The number of benzene rings is 1. The molecule has 2 aromatic rings. The van der Waals surface area contributed by atoms with E-state index in [2.05, 4.69) is 10.3 Å². The first kappa shape index (κ1) is 20.5. The SMILES string of the molecule is CC(C)CC(CNC(=O)CCc1ncc(-c2ccc(F)cc2F)o1)C(=O)O. The van der Waals surface area contributed by atoms with Crippen molar-refractivity contribution in [2.24, 2.45) is 11.8 Å². The van der Waals surface area contributed by atoms with Crippen molar-refractivity contribution in [2.75, 3.05) is 6.54 Å². The van der Waals surface area contributed by atoms with Crippen molar-refractivity contribution in [3.05, 3.63) is 41.9 Å². The molecule has 1 atom stereocenters. The van der Waals surface area contributed by atoms with E-state index in [-0.39, 0.29) is 48.4 Å². The number of carboxylic acids is 1. The molecule has 1 aromatic carbocycles. The molecule has 0 aliphatic carbocycles. The Morgan fingerprint density at radius 3 is 2.67 bits per heavy atom. The maximum atomic E-state index is 13.8. The number of hydrogen-bond acceptors (Lipinski definition) is 4. The Morgan fingerprint density at radius 2 is 2.04 bits per heavy atom. The van der Waals surface area contributed by atoms with Crippen molar-refractivity contribution in [1.82, 2.24) is 10.3 Å². The lowest BCUT2D eigenvalue weighted by molar-refractivity contribution is -0.142. The zero-order chi connectivity index (χ0) is 20.0. The number of rotatable bonds is 9. The second-order valence-corrected chi connectivity index (χ2v) is 6.71. The number of nitrogens with zero attached hydrogens (tertiary/aromatic N) is 1. The third-order valence-electron chi connectivity index (χ3n) is 3.97. The van der Waals surface area contributed by atoms with Crippen molar-refractivity contribution in [3.8, 4) is 11.3 Å². The molecule has 2 rings (SSSR count). The lowest BCUT2D eigenvalue weighted by atomic mass is 9.97. The van der Waals surface area contributed by atoms with Gasteiger partial charge in [0.25, 0.3) is 0 Å². The number of aliphatic carboxylic acids is 1. The molecule has 0 bridgehead atoms. The van der Waals surface area contributed by atoms with Gasteiger partial charge in [0.2, 0.25) is 5.91 Å². The first-order valence-electron chi connectivity index (χ1n) is 8.66. The van der Waals surface area contributed by atoms with Crippen LogP contribution in [0.25, 0.3) is 11.3 Å². The quantitative estimate of drug-likeness (QED) is 0.695. The molecule has 1 heterocycles. The molecule has 146 valence electrons. The van der Waals surface area contributed by atoms with Crippen molar-refractivity contribution < 1.29 is 27.9 Å². The first-order valence-corrected chi connectivity index (χ1v) is 8.66. The van der Waals surface area contributed by atoms with Crippen LogP contribution in [0.15, 0.2) is 28.8 Å². The van der Waals surface area contributed by atoms with E-state index in [9.17, 15) is 18.4 Å². The molecular weight excluding hydrogens is 358 g/mol. The van der Waals surface area contributed by atoms with Crippen LogP contribution in [-0.4, -0.2) is 28.5 Å². The van der Waals surface area contributed by atoms with Gasteiger partial charge in [0, 0.05) is 25.5 Å². The summed E-state index contributed by atoms with van der Waals surface area (Å²) in [7, 11) is 0. The Bertz CT molecular complexity index is 805. The number of aromatic nitrogens is 1. The van der Waals surface area contributed by atoms with Crippen LogP contribution in [0.3, 0.4) is 0 Å². The zero-order valence-corrected chi connectivity index (χ0v) is 15.2. The van der Waals surface area contributed by atoms with Gasteiger partial charge in [0.05, 0.1) is 17.7 Å². The van der Waals surface area contributed by atoms with Crippen molar-refractivity contribution in [2.45, 2.75) is 33.1 Å². The Labute approximate surface area is 155 Å². The molecule has 1 unspecified atom stereocenters. The number of carboxylic acid groups (broad SMARTS) is 1. The minimum atomic E-state index is -0.942. The summed E-state index contributed by atoms with van der Waals surface area (Å²) < 4.78 is 32.1. The topological polar surface area (TPSA) is 92.4 Å². The predicted octanol–water partition coefficient (Wildman–Crippen LogP) is 3.42. The third kappa shape index (κ3) is 6.16. The zero-order valence-electron chi connectivity index (χ0n) is 15.2. The summed E-state index contributed by atoms with van der Waals surface area (Å²) in [4.78, 5) is 27.1. The minimum Gasteiger partial charge on any atom is -0.481 e. The largest absolute Gasteiger partial charge is 0.481 e. The average Bonchev–Trinajstić information content (AvgIpc) is 3.04. The van der Waals surface area contributed by atoms with Crippen LogP contribution in [0.4, 0.5) is 8.78 Å². The summed E-state index contributed by atoms with van der Waals surface area (Å²) in [5.41, 5.74) is 0.0811. The van der Waals surface area contributed by atoms with Gasteiger partial charge in [-0.1, -0.05) is 13.8 Å². The maximum absolute atomic E-state index is 13.8. The minimum absolute atomic E-state index is 0.0554. The summed E-state index contributed by atoms with van der Waals surface area (Å²) in [5, 5.41) is 11.8. The van der Waals surface area contributed by atoms with E-state index in [1.165, 1.54) is 12.3 Å². The number of oxazole rings is 1. The highest BCUT2D eigenvalue weighted by molar-refractivity contribution is 5.77. The lowest BCUT2D eigenvalue weighted by Crippen LogP contribution is -2.33. The first-order chi connectivity index (χ1) is 12.8. The number of carbonyl (C=O) groups excluding carboxylic acids is 1. The van der Waals surface area contributed by atoms with Crippen molar-refractivity contribution >= 4 is 11.9 Å². The molecule has 0 saturated heterocycles. The molecular formula is C19H22F2N2O4. The summed E-state index contributed by atoms with van der Waals surface area (Å²) in [6.45, 7) is 3.90. The molecule has 0 radical (unpaired) electrons. The van der Waals surface area contributed by atoms with Gasteiger partial charge in [-0.2, -0.15) is 0 Å². The highest BCUT2D eigenvalue weighted by Gasteiger charge is 2.20. The molecule has 8 heteroatoms. The number of amides is 1. The highest BCUT2D eigenvalue weighted by Crippen LogP contribution is 2.24. The smallest absolute Gasteiger partial charge is 0.308 e. The van der Waals surface area contributed by atoms with Gasteiger partial charge >= 0.3 is 5.97 Å². The van der Waals surface area contributed by atoms with Crippen molar-refractivity contribution in [1.29, 1.82) is 0 Å². The van der Waals surface area contributed by atoms with E-state index in [0.29, 0.717) is 6.42 Å². The normalized spacial score (nSPS) is 12.2. The average molecular weight is 380 g/mol. The van der Waals surface area contributed by atoms with E-state index in [4.69, 9.17) is 9.52 Å². The summed E-state index contributed by atoms with van der Waals surface area (Å²) in [6, 6.07) is 3.12. The molecule has 1 aromatic heterocycles. The molecule has 0 fully saturated rings. The number of aryl methyl sites for hydroxylation is 1. The number of carbonyl (C=O) groups is 2. The molecule has 0 aliphatic rings. The number of halogens is 2.